The lowest BCUT2D eigenvalue weighted by atomic mass is 9.94. The molecule has 32 heavy (non-hydrogen) atoms. The van der Waals surface area contributed by atoms with Crippen LogP contribution in [0.2, 0.25) is 0 Å². The maximum Gasteiger partial charge on any atom is 0.166 e. The number of nitrogens with zero attached hydrogens (tertiary/aromatic N) is 5. The first-order valence-corrected chi connectivity index (χ1v) is 10.6. The monoisotopic (exact) mass is 429 g/mol. The zero-order valence-corrected chi connectivity index (χ0v) is 18.3. The predicted molar refractivity (Wildman–Crippen MR) is 121 cm³/mol. The van der Waals surface area contributed by atoms with Gasteiger partial charge in [-0.1, -0.05) is 6.07 Å². The number of benzene rings is 2. The lowest BCUT2D eigenvalue weighted by Gasteiger charge is -2.27. The number of likely N-dealkylation sites (N-methyl/N-ethyl adjacent to an activating group) is 1. The SMILES string of the molecule is COc1cccc(F)c1-c1nccc(-c2cnn(-c3cc(C)c4c(c3)CN(C)CC4)c2)n1. The Hall–Kier alpha value is -3.58. The van der Waals surface area contributed by atoms with Crippen molar-refractivity contribution in [3.63, 3.8) is 0 Å². The molecule has 0 bridgehead atoms. The first-order chi connectivity index (χ1) is 15.5. The third-order valence-corrected chi connectivity index (χ3v) is 5.95. The summed E-state index contributed by atoms with van der Waals surface area (Å²) in [6.45, 7) is 4.19. The molecule has 0 radical (unpaired) electrons. The van der Waals surface area contributed by atoms with Crippen LogP contribution in [0.25, 0.3) is 28.3 Å². The van der Waals surface area contributed by atoms with Crippen molar-refractivity contribution in [2.75, 3.05) is 20.7 Å². The average Bonchev–Trinajstić information content (AvgIpc) is 3.29. The van der Waals surface area contributed by atoms with Crippen LogP contribution < -0.4 is 4.74 Å². The predicted octanol–water partition coefficient (Wildman–Crippen LogP) is 4.44. The molecule has 0 N–H and O–H groups in total. The number of hydrogen-bond donors (Lipinski definition) is 0. The lowest BCUT2D eigenvalue weighted by molar-refractivity contribution is 0.312. The van der Waals surface area contributed by atoms with E-state index in [0.717, 1.165) is 30.8 Å². The number of methoxy groups -OCH3 is 1. The maximum atomic E-state index is 14.5. The van der Waals surface area contributed by atoms with Gasteiger partial charge in [0.1, 0.15) is 11.6 Å². The molecular weight excluding hydrogens is 405 g/mol. The normalized spacial score (nSPS) is 13.8. The van der Waals surface area contributed by atoms with Crippen molar-refractivity contribution in [1.29, 1.82) is 0 Å². The largest absolute Gasteiger partial charge is 0.496 e. The molecule has 0 unspecified atom stereocenters. The second-order valence-corrected chi connectivity index (χ2v) is 8.14. The Balaban J connectivity index is 1.51. The Morgan fingerprint density at radius 3 is 2.88 bits per heavy atom. The molecule has 2 aromatic carbocycles. The molecule has 0 saturated heterocycles. The third kappa shape index (κ3) is 3.65. The smallest absolute Gasteiger partial charge is 0.166 e. The van der Waals surface area contributed by atoms with Gasteiger partial charge >= 0.3 is 0 Å². The topological polar surface area (TPSA) is 56.1 Å². The van der Waals surface area contributed by atoms with Crippen LogP contribution in [0.3, 0.4) is 0 Å². The van der Waals surface area contributed by atoms with Crippen LogP contribution in [0, 0.1) is 12.7 Å². The Morgan fingerprint density at radius 2 is 2.03 bits per heavy atom. The fourth-order valence-corrected chi connectivity index (χ4v) is 4.30. The molecule has 6 nitrogen and oxygen atoms in total. The fourth-order valence-electron chi connectivity index (χ4n) is 4.30. The zero-order chi connectivity index (χ0) is 22.2. The van der Waals surface area contributed by atoms with Gasteiger partial charge in [0.25, 0.3) is 0 Å². The highest BCUT2D eigenvalue weighted by molar-refractivity contribution is 5.68. The summed E-state index contributed by atoms with van der Waals surface area (Å²) < 4.78 is 21.7. The van der Waals surface area contributed by atoms with E-state index in [9.17, 15) is 4.39 Å². The van der Waals surface area contributed by atoms with Gasteiger partial charge in [0, 0.05) is 31.0 Å². The van der Waals surface area contributed by atoms with Crippen molar-refractivity contribution >= 4 is 0 Å². The highest BCUT2D eigenvalue weighted by atomic mass is 19.1. The number of halogens is 1. The summed E-state index contributed by atoms with van der Waals surface area (Å²) in [4.78, 5) is 11.2. The second-order valence-electron chi connectivity index (χ2n) is 8.14. The van der Waals surface area contributed by atoms with Gasteiger partial charge in [-0.15, -0.1) is 0 Å². The Bertz CT molecular complexity index is 1300. The van der Waals surface area contributed by atoms with Crippen LogP contribution in [0.1, 0.15) is 16.7 Å². The van der Waals surface area contributed by atoms with Gasteiger partial charge in [-0.25, -0.2) is 19.0 Å². The standard InChI is InChI=1S/C25H24FN5O/c1-16-11-19(12-17-14-30(2)10-8-20(16)17)31-15-18(13-28-31)22-7-9-27-25(29-22)24-21(26)5-4-6-23(24)32-3/h4-7,9,11-13,15H,8,10,14H2,1-3H3. The van der Waals surface area contributed by atoms with Crippen LogP contribution >= 0.6 is 0 Å². The number of aryl methyl sites for hydroxylation is 1. The molecular formula is C25H24FN5O. The molecule has 1 aliphatic heterocycles. The Kier molecular flexibility index (Phi) is 5.19. The van der Waals surface area contributed by atoms with Crippen molar-refractivity contribution < 1.29 is 9.13 Å². The molecule has 0 atom stereocenters. The molecule has 0 amide bonds. The van der Waals surface area contributed by atoms with E-state index < -0.39 is 5.82 Å². The molecule has 1 aliphatic rings. The molecule has 2 aromatic heterocycles. The van der Waals surface area contributed by atoms with E-state index in [0.29, 0.717) is 11.4 Å². The van der Waals surface area contributed by atoms with Crippen molar-refractivity contribution in [2.24, 2.45) is 0 Å². The minimum Gasteiger partial charge on any atom is -0.496 e. The molecule has 0 aliphatic carbocycles. The lowest BCUT2D eigenvalue weighted by Crippen LogP contribution is -2.27. The summed E-state index contributed by atoms with van der Waals surface area (Å²) in [6.07, 6.45) is 6.41. The van der Waals surface area contributed by atoms with Crippen molar-refractivity contribution in [1.82, 2.24) is 24.6 Å². The van der Waals surface area contributed by atoms with Crippen molar-refractivity contribution in [3.8, 4) is 34.1 Å². The van der Waals surface area contributed by atoms with E-state index in [1.54, 1.807) is 30.6 Å². The number of rotatable bonds is 4. The molecule has 0 saturated carbocycles. The van der Waals surface area contributed by atoms with Gasteiger partial charge in [-0.3, -0.25) is 0 Å². The van der Waals surface area contributed by atoms with Gasteiger partial charge in [-0.2, -0.15) is 5.10 Å². The highest BCUT2D eigenvalue weighted by Gasteiger charge is 2.18. The molecule has 5 rings (SSSR count). The van der Waals surface area contributed by atoms with Crippen LogP contribution in [0.4, 0.5) is 4.39 Å². The van der Waals surface area contributed by atoms with E-state index in [2.05, 4.69) is 46.1 Å². The van der Waals surface area contributed by atoms with Gasteiger partial charge in [-0.05, 0) is 67.4 Å². The second kappa shape index (κ2) is 8.16. The fraction of sp³-hybridized carbons (Fsp3) is 0.240. The number of fused-ring (bicyclic) bond motifs is 1. The quantitative estimate of drug-likeness (QED) is 0.480. The first-order valence-electron chi connectivity index (χ1n) is 10.6. The molecule has 0 fully saturated rings. The Morgan fingerprint density at radius 1 is 1.16 bits per heavy atom. The summed E-state index contributed by atoms with van der Waals surface area (Å²) in [5.74, 6) is 0.247. The number of ether oxygens (including phenoxy) is 1. The molecule has 4 aromatic rings. The molecule has 162 valence electrons. The van der Waals surface area contributed by atoms with E-state index in [1.807, 2.05) is 10.9 Å². The van der Waals surface area contributed by atoms with E-state index in [-0.39, 0.29) is 11.4 Å². The van der Waals surface area contributed by atoms with Gasteiger partial charge in [0.2, 0.25) is 0 Å². The van der Waals surface area contributed by atoms with Crippen molar-refractivity contribution in [2.45, 2.75) is 19.9 Å². The number of hydrogen-bond acceptors (Lipinski definition) is 5. The van der Waals surface area contributed by atoms with Crippen LogP contribution in [-0.4, -0.2) is 45.4 Å². The summed E-state index contributed by atoms with van der Waals surface area (Å²) in [5, 5.41) is 4.57. The maximum absolute atomic E-state index is 14.5. The zero-order valence-electron chi connectivity index (χ0n) is 18.3. The van der Waals surface area contributed by atoms with E-state index in [1.165, 1.54) is 29.9 Å². The van der Waals surface area contributed by atoms with Crippen LogP contribution in [0.5, 0.6) is 5.75 Å². The number of aromatic nitrogens is 4. The van der Waals surface area contributed by atoms with Crippen LogP contribution in [0.15, 0.2) is 55.0 Å². The van der Waals surface area contributed by atoms with Gasteiger partial charge in [0.15, 0.2) is 5.82 Å². The molecule has 0 spiro atoms. The molecule has 7 heteroatoms. The minimum absolute atomic E-state index is 0.249. The summed E-state index contributed by atoms with van der Waals surface area (Å²) in [7, 11) is 3.65. The summed E-state index contributed by atoms with van der Waals surface area (Å²) in [6, 6.07) is 10.9. The minimum atomic E-state index is -0.424. The van der Waals surface area contributed by atoms with E-state index >= 15 is 0 Å². The van der Waals surface area contributed by atoms with Gasteiger partial charge in [0.05, 0.1) is 30.3 Å². The average molecular weight is 429 g/mol. The third-order valence-electron chi connectivity index (χ3n) is 5.95. The molecule has 3 heterocycles. The first kappa shape index (κ1) is 20.3. The highest BCUT2D eigenvalue weighted by Crippen LogP contribution is 2.31. The van der Waals surface area contributed by atoms with Gasteiger partial charge < -0.3 is 9.64 Å². The van der Waals surface area contributed by atoms with Crippen molar-refractivity contribution in [3.05, 3.63) is 77.5 Å². The van der Waals surface area contributed by atoms with E-state index in [4.69, 9.17) is 4.74 Å². The Labute approximate surface area is 186 Å². The summed E-state index contributed by atoms with van der Waals surface area (Å²) in [5.41, 5.74) is 6.85. The summed E-state index contributed by atoms with van der Waals surface area (Å²) >= 11 is 0. The van der Waals surface area contributed by atoms with Crippen LogP contribution in [-0.2, 0) is 13.0 Å².